The molecule has 4 heteroatoms. The first-order chi connectivity index (χ1) is 7.07. The quantitative estimate of drug-likeness (QED) is 0.759. The summed E-state index contributed by atoms with van der Waals surface area (Å²) in [5.41, 5.74) is 5.98. The molecule has 2 N–H and O–H groups in total. The summed E-state index contributed by atoms with van der Waals surface area (Å²) in [6.07, 6.45) is 2.41. The molecule has 2 heterocycles. The normalized spacial score (nSPS) is 20.3. The molecule has 0 aromatic carbocycles. The zero-order valence-electron chi connectivity index (χ0n) is 9.40. The first-order valence-corrected chi connectivity index (χ1v) is 5.41. The predicted molar refractivity (Wildman–Crippen MR) is 61.7 cm³/mol. The monoisotopic (exact) mass is 206 g/mol. The van der Waals surface area contributed by atoms with Crippen LogP contribution in [0.25, 0.3) is 0 Å². The van der Waals surface area contributed by atoms with E-state index in [-0.39, 0.29) is 0 Å². The highest BCUT2D eigenvalue weighted by Crippen LogP contribution is 2.31. The Balaban J connectivity index is 2.04. The van der Waals surface area contributed by atoms with E-state index in [1.54, 1.807) is 0 Å². The lowest BCUT2D eigenvalue weighted by molar-refractivity contribution is 0.279. The molecule has 1 aromatic heterocycles. The molecule has 0 atom stereocenters. The molecule has 15 heavy (non-hydrogen) atoms. The van der Waals surface area contributed by atoms with Gasteiger partial charge < -0.3 is 10.6 Å². The lowest BCUT2D eigenvalue weighted by atomic mass is 9.83. The van der Waals surface area contributed by atoms with E-state index in [9.17, 15) is 0 Å². The van der Waals surface area contributed by atoms with Gasteiger partial charge in [-0.2, -0.15) is 0 Å². The fraction of sp³-hybridized carbons (Fsp3) is 0.636. The third-order valence-corrected chi connectivity index (χ3v) is 3.11. The van der Waals surface area contributed by atoms with E-state index in [0.29, 0.717) is 11.2 Å². The Hall–Kier alpha value is -1.32. The minimum Gasteiger partial charge on any atom is -0.382 e. The molecule has 1 aliphatic heterocycles. The van der Waals surface area contributed by atoms with Crippen LogP contribution < -0.4 is 10.6 Å². The second-order valence-corrected chi connectivity index (χ2v) is 4.97. The molecule has 1 fully saturated rings. The van der Waals surface area contributed by atoms with E-state index in [2.05, 4.69) is 28.9 Å². The molecular weight excluding hydrogens is 188 g/mol. The highest BCUT2D eigenvalue weighted by atomic mass is 15.3. The zero-order chi connectivity index (χ0) is 10.9. The van der Waals surface area contributed by atoms with Crippen molar-refractivity contribution in [3.05, 3.63) is 12.1 Å². The van der Waals surface area contributed by atoms with Gasteiger partial charge in [0.1, 0.15) is 5.82 Å². The zero-order valence-corrected chi connectivity index (χ0v) is 9.40. The van der Waals surface area contributed by atoms with E-state index in [0.717, 1.165) is 18.9 Å². The molecule has 0 saturated carbocycles. The number of anilines is 2. The smallest absolute Gasteiger partial charge is 0.151 e. The second-order valence-electron chi connectivity index (χ2n) is 4.97. The first kappa shape index (κ1) is 10.2. The van der Waals surface area contributed by atoms with Crippen molar-refractivity contribution in [2.45, 2.75) is 26.7 Å². The summed E-state index contributed by atoms with van der Waals surface area (Å²) in [4.78, 5) is 2.28. The van der Waals surface area contributed by atoms with Gasteiger partial charge in [0.05, 0.1) is 0 Å². The topological polar surface area (TPSA) is 55.0 Å². The maximum absolute atomic E-state index is 5.51. The average Bonchev–Trinajstić information content (AvgIpc) is 2.20. The maximum Gasteiger partial charge on any atom is 0.151 e. The van der Waals surface area contributed by atoms with E-state index in [4.69, 9.17) is 5.73 Å². The van der Waals surface area contributed by atoms with Crippen molar-refractivity contribution >= 4 is 11.6 Å². The van der Waals surface area contributed by atoms with Crippen molar-refractivity contribution in [1.82, 2.24) is 10.2 Å². The SMILES string of the molecule is CC1(C)CCN(c2ccc(N)nn2)CC1. The van der Waals surface area contributed by atoms with Crippen molar-refractivity contribution in [3.8, 4) is 0 Å². The van der Waals surface area contributed by atoms with Gasteiger partial charge in [-0.3, -0.25) is 0 Å². The summed E-state index contributed by atoms with van der Waals surface area (Å²) >= 11 is 0. The predicted octanol–water partition coefficient (Wildman–Crippen LogP) is 1.69. The van der Waals surface area contributed by atoms with Crippen molar-refractivity contribution < 1.29 is 0 Å². The Morgan fingerprint density at radius 1 is 1.20 bits per heavy atom. The molecule has 0 aliphatic carbocycles. The summed E-state index contributed by atoms with van der Waals surface area (Å²) in [5.74, 6) is 1.43. The Morgan fingerprint density at radius 3 is 2.40 bits per heavy atom. The van der Waals surface area contributed by atoms with E-state index >= 15 is 0 Å². The lowest BCUT2D eigenvalue weighted by Gasteiger charge is -2.37. The summed E-state index contributed by atoms with van der Waals surface area (Å²) in [5, 5.41) is 7.98. The van der Waals surface area contributed by atoms with Crippen LogP contribution in [0.3, 0.4) is 0 Å². The molecule has 2 rings (SSSR count). The van der Waals surface area contributed by atoms with Gasteiger partial charge in [0, 0.05) is 13.1 Å². The number of hydrogen-bond acceptors (Lipinski definition) is 4. The molecule has 1 aliphatic rings. The molecule has 1 saturated heterocycles. The van der Waals surface area contributed by atoms with Crippen molar-refractivity contribution in [2.75, 3.05) is 23.7 Å². The van der Waals surface area contributed by atoms with Crippen LogP contribution in [0, 0.1) is 5.41 Å². The van der Waals surface area contributed by atoms with Gasteiger partial charge in [-0.25, -0.2) is 0 Å². The largest absolute Gasteiger partial charge is 0.382 e. The van der Waals surface area contributed by atoms with Crippen molar-refractivity contribution in [2.24, 2.45) is 5.41 Å². The molecule has 0 amide bonds. The van der Waals surface area contributed by atoms with Crippen LogP contribution in [0.2, 0.25) is 0 Å². The number of rotatable bonds is 1. The van der Waals surface area contributed by atoms with Gasteiger partial charge in [0.25, 0.3) is 0 Å². The fourth-order valence-corrected chi connectivity index (χ4v) is 1.85. The van der Waals surface area contributed by atoms with Gasteiger partial charge in [-0.05, 0) is 30.4 Å². The lowest BCUT2D eigenvalue weighted by Crippen LogP contribution is -2.37. The highest BCUT2D eigenvalue weighted by Gasteiger charge is 2.25. The van der Waals surface area contributed by atoms with Crippen molar-refractivity contribution in [3.63, 3.8) is 0 Å². The van der Waals surface area contributed by atoms with E-state index in [1.165, 1.54) is 12.8 Å². The Morgan fingerprint density at radius 2 is 1.87 bits per heavy atom. The third-order valence-electron chi connectivity index (χ3n) is 3.11. The number of piperidine rings is 1. The number of nitrogens with two attached hydrogens (primary N) is 1. The Bertz CT molecular complexity index is 321. The minimum absolute atomic E-state index is 0.470. The first-order valence-electron chi connectivity index (χ1n) is 5.41. The number of nitrogens with zero attached hydrogens (tertiary/aromatic N) is 3. The average molecular weight is 206 g/mol. The maximum atomic E-state index is 5.51. The van der Waals surface area contributed by atoms with Crippen LogP contribution in [0.15, 0.2) is 12.1 Å². The van der Waals surface area contributed by atoms with Crippen LogP contribution in [-0.2, 0) is 0 Å². The van der Waals surface area contributed by atoms with Gasteiger partial charge in [0.2, 0.25) is 0 Å². The highest BCUT2D eigenvalue weighted by molar-refractivity contribution is 5.41. The summed E-state index contributed by atoms with van der Waals surface area (Å²) in [6, 6.07) is 3.75. The molecule has 0 bridgehead atoms. The van der Waals surface area contributed by atoms with Gasteiger partial charge in [0.15, 0.2) is 5.82 Å². The summed E-state index contributed by atoms with van der Waals surface area (Å²) < 4.78 is 0. The fourth-order valence-electron chi connectivity index (χ4n) is 1.85. The van der Waals surface area contributed by atoms with Crippen molar-refractivity contribution in [1.29, 1.82) is 0 Å². The molecule has 1 aromatic rings. The standard InChI is InChI=1S/C11H18N4/c1-11(2)5-7-15(8-6-11)10-4-3-9(12)13-14-10/h3-4H,5-8H2,1-2H3,(H2,12,13). The van der Waals surface area contributed by atoms with Crippen LogP contribution in [0.5, 0.6) is 0 Å². The second kappa shape index (κ2) is 3.68. The van der Waals surface area contributed by atoms with Gasteiger partial charge >= 0.3 is 0 Å². The summed E-state index contributed by atoms with van der Waals surface area (Å²) in [6.45, 7) is 6.76. The molecule has 0 spiro atoms. The van der Waals surface area contributed by atoms with Gasteiger partial charge in [-0.15, -0.1) is 10.2 Å². The van der Waals surface area contributed by atoms with Gasteiger partial charge in [-0.1, -0.05) is 13.8 Å². The molecule has 0 radical (unpaired) electrons. The minimum atomic E-state index is 0.470. The third kappa shape index (κ3) is 2.37. The number of aromatic nitrogens is 2. The molecular formula is C11H18N4. The van der Waals surface area contributed by atoms with Crippen LogP contribution >= 0.6 is 0 Å². The molecule has 82 valence electrons. The van der Waals surface area contributed by atoms with Crippen LogP contribution in [0.1, 0.15) is 26.7 Å². The molecule has 4 nitrogen and oxygen atoms in total. The Labute approximate surface area is 90.5 Å². The van der Waals surface area contributed by atoms with Crippen LogP contribution in [-0.4, -0.2) is 23.3 Å². The van der Waals surface area contributed by atoms with Crippen LogP contribution in [0.4, 0.5) is 11.6 Å². The van der Waals surface area contributed by atoms with E-state index in [1.807, 2.05) is 12.1 Å². The number of hydrogen-bond donors (Lipinski definition) is 1. The van der Waals surface area contributed by atoms with E-state index < -0.39 is 0 Å². The molecule has 0 unspecified atom stereocenters. The number of nitrogen functional groups attached to an aromatic ring is 1. The summed E-state index contributed by atoms with van der Waals surface area (Å²) in [7, 11) is 0. The Kier molecular flexibility index (Phi) is 2.50.